The number of para-hydroxylation sites is 1. The molecule has 0 aliphatic rings. The minimum Gasteiger partial charge on any atom is -0.310 e. The quantitative estimate of drug-likeness (QED) is 0.827. The van der Waals surface area contributed by atoms with Crippen molar-refractivity contribution in [1.29, 1.82) is 0 Å². The zero-order valence-corrected chi connectivity index (χ0v) is 13.1. The number of pyridine rings is 1. The van der Waals surface area contributed by atoms with Gasteiger partial charge in [-0.2, -0.15) is 0 Å². The smallest absolute Gasteiger partial charge is 0.0708 e. The van der Waals surface area contributed by atoms with Crippen LogP contribution in [0, 0.1) is 12.8 Å². The lowest BCUT2D eigenvalue weighted by molar-refractivity contribution is 0.379. The first-order chi connectivity index (χ1) is 9.67. The standard InChI is InChI=1S/C18H26N2/c1-5-11-19-18(13(3)6-2)16-12-14(4)20-17-10-8-7-9-15(16)17/h7-10,12-13,18-19H,5-6,11H2,1-4H3. The summed E-state index contributed by atoms with van der Waals surface area (Å²) >= 11 is 0. The molecule has 0 saturated carbocycles. The molecule has 0 amide bonds. The molecular weight excluding hydrogens is 244 g/mol. The van der Waals surface area contributed by atoms with Gasteiger partial charge in [-0.05, 0) is 43.5 Å². The first-order valence-corrected chi connectivity index (χ1v) is 7.77. The Hall–Kier alpha value is -1.41. The van der Waals surface area contributed by atoms with Crippen molar-refractivity contribution in [1.82, 2.24) is 10.3 Å². The summed E-state index contributed by atoms with van der Waals surface area (Å²) in [6.45, 7) is 9.96. The van der Waals surface area contributed by atoms with Crippen LogP contribution in [0.2, 0.25) is 0 Å². The second-order valence-electron chi connectivity index (χ2n) is 5.69. The van der Waals surface area contributed by atoms with E-state index < -0.39 is 0 Å². The number of benzene rings is 1. The Labute approximate surface area is 122 Å². The molecule has 1 heterocycles. The summed E-state index contributed by atoms with van der Waals surface area (Å²) in [5.74, 6) is 0.617. The molecule has 2 nitrogen and oxygen atoms in total. The van der Waals surface area contributed by atoms with Gasteiger partial charge in [0, 0.05) is 17.1 Å². The Balaban J connectivity index is 2.51. The van der Waals surface area contributed by atoms with Gasteiger partial charge in [-0.15, -0.1) is 0 Å². The third kappa shape index (κ3) is 3.18. The number of hydrogen-bond donors (Lipinski definition) is 1. The number of aromatic nitrogens is 1. The molecule has 2 unspecified atom stereocenters. The van der Waals surface area contributed by atoms with Gasteiger partial charge in [-0.25, -0.2) is 0 Å². The fourth-order valence-electron chi connectivity index (χ4n) is 2.75. The predicted octanol–water partition coefficient (Wildman–Crippen LogP) is 4.63. The molecule has 0 aliphatic carbocycles. The molecule has 0 fully saturated rings. The molecule has 0 radical (unpaired) electrons. The fraction of sp³-hybridized carbons (Fsp3) is 0.500. The van der Waals surface area contributed by atoms with Crippen molar-refractivity contribution in [2.75, 3.05) is 6.54 Å². The van der Waals surface area contributed by atoms with Crippen LogP contribution in [0.25, 0.3) is 10.9 Å². The molecule has 2 rings (SSSR count). The average Bonchev–Trinajstić information content (AvgIpc) is 2.46. The van der Waals surface area contributed by atoms with E-state index >= 15 is 0 Å². The van der Waals surface area contributed by atoms with Crippen LogP contribution in [0.4, 0.5) is 0 Å². The summed E-state index contributed by atoms with van der Waals surface area (Å²) in [5.41, 5.74) is 3.61. The maximum absolute atomic E-state index is 4.66. The molecule has 2 heteroatoms. The lowest BCUT2D eigenvalue weighted by Gasteiger charge is -2.26. The van der Waals surface area contributed by atoms with Crippen LogP contribution in [0.15, 0.2) is 30.3 Å². The van der Waals surface area contributed by atoms with Crippen molar-refractivity contribution in [2.45, 2.75) is 46.6 Å². The third-order valence-corrected chi connectivity index (χ3v) is 4.04. The van der Waals surface area contributed by atoms with Gasteiger partial charge in [0.1, 0.15) is 0 Å². The summed E-state index contributed by atoms with van der Waals surface area (Å²) in [5, 5.41) is 5.01. The zero-order valence-electron chi connectivity index (χ0n) is 13.1. The molecule has 20 heavy (non-hydrogen) atoms. The Morgan fingerprint density at radius 2 is 1.95 bits per heavy atom. The summed E-state index contributed by atoms with van der Waals surface area (Å²) in [6, 6.07) is 11.1. The van der Waals surface area contributed by atoms with Gasteiger partial charge in [-0.3, -0.25) is 4.98 Å². The number of nitrogens with zero attached hydrogens (tertiary/aromatic N) is 1. The second-order valence-corrected chi connectivity index (χ2v) is 5.69. The van der Waals surface area contributed by atoms with Crippen LogP contribution in [0.5, 0.6) is 0 Å². The molecule has 2 aromatic rings. The van der Waals surface area contributed by atoms with Gasteiger partial charge in [0.05, 0.1) is 5.52 Å². The first kappa shape index (κ1) is 15.0. The third-order valence-electron chi connectivity index (χ3n) is 4.04. The minimum absolute atomic E-state index is 0.409. The summed E-state index contributed by atoms with van der Waals surface area (Å²) in [4.78, 5) is 4.66. The van der Waals surface area contributed by atoms with Gasteiger partial charge in [0.25, 0.3) is 0 Å². The fourth-order valence-corrected chi connectivity index (χ4v) is 2.75. The van der Waals surface area contributed by atoms with Crippen molar-refractivity contribution >= 4 is 10.9 Å². The molecule has 2 atom stereocenters. The average molecular weight is 270 g/mol. The van der Waals surface area contributed by atoms with Crippen LogP contribution < -0.4 is 5.32 Å². The molecule has 0 saturated heterocycles. The van der Waals surface area contributed by atoms with Crippen LogP contribution >= 0.6 is 0 Å². The molecule has 1 N–H and O–H groups in total. The highest BCUT2D eigenvalue weighted by Crippen LogP contribution is 2.30. The molecule has 1 aromatic carbocycles. The van der Waals surface area contributed by atoms with Crippen LogP contribution in [-0.4, -0.2) is 11.5 Å². The van der Waals surface area contributed by atoms with Crippen molar-refractivity contribution in [3.05, 3.63) is 41.6 Å². The Morgan fingerprint density at radius 3 is 2.65 bits per heavy atom. The molecule has 0 spiro atoms. The lowest BCUT2D eigenvalue weighted by atomic mass is 9.90. The van der Waals surface area contributed by atoms with Gasteiger partial charge in [0.2, 0.25) is 0 Å². The first-order valence-electron chi connectivity index (χ1n) is 7.77. The Bertz CT molecular complexity index is 562. The summed E-state index contributed by atoms with van der Waals surface area (Å²) < 4.78 is 0. The van der Waals surface area contributed by atoms with Crippen LogP contribution in [-0.2, 0) is 0 Å². The molecule has 108 valence electrons. The maximum atomic E-state index is 4.66. The topological polar surface area (TPSA) is 24.9 Å². The van der Waals surface area contributed by atoms with Crippen molar-refractivity contribution in [3.63, 3.8) is 0 Å². The highest BCUT2D eigenvalue weighted by molar-refractivity contribution is 5.82. The van der Waals surface area contributed by atoms with E-state index in [1.807, 2.05) is 0 Å². The Kier molecular flexibility index (Phi) is 5.13. The van der Waals surface area contributed by atoms with E-state index in [2.05, 4.69) is 68.3 Å². The highest BCUT2D eigenvalue weighted by Gasteiger charge is 2.20. The van der Waals surface area contributed by atoms with Crippen molar-refractivity contribution < 1.29 is 0 Å². The minimum atomic E-state index is 0.409. The van der Waals surface area contributed by atoms with Gasteiger partial charge >= 0.3 is 0 Å². The zero-order chi connectivity index (χ0) is 14.5. The SMILES string of the molecule is CCCNC(c1cc(C)nc2ccccc12)C(C)CC. The Morgan fingerprint density at radius 1 is 1.20 bits per heavy atom. The number of hydrogen-bond acceptors (Lipinski definition) is 2. The number of rotatable bonds is 6. The maximum Gasteiger partial charge on any atom is 0.0708 e. The van der Waals surface area contributed by atoms with E-state index in [4.69, 9.17) is 0 Å². The van der Waals surface area contributed by atoms with E-state index in [-0.39, 0.29) is 0 Å². The number of nitrogens with one attached hydrogen (secondary N) is 1. The van der Waals surface area contributed by atoms with E-state index in [0.717, 1.165) is 24.2 Å². The predicted molar refractivity (Wildman–Crippen MR) is 87.0 cm³/mol. The summed E-state index contributed by atoms with van der Waals surface area (Å²) in [6.07, 6.45) is 2.34. The second kappa shape index (κ2) is 6.85. The van der Waals surface area contributed by atoms with Crippen molar-refractivity contribution in [3.8, 4) is 0 Å². The molecule has 0 aliphatic heterocycles. The largest absolute Gasteiger partial charge is 0.310 e. The van der Waals surface area contributed by atoms with Gasteiger partial charge < -0.3 is 5.32 Å². The van der Waals surface area contributed by atoms with E-state index in [1.165, 1.54) is 17.4 Å². The molecule has 0 bridgehead atoms. The number of fused-ring (bicyclic) bond motifs is 1. The van der Waals surface area contributed by atoms with E-state index in [1.54, 1.807) is 0 Å². The van der Waals surface area contributed by atoms with E-state index in [0.29, 0.717) is 12.0 Å². The number of aryl methyl sites for hydroxylation is 1. The highest BCUT2D eigenvalue weighted by atomic mass is 14.9. The summed E-state index contributed by atoms with van der Waals surface area (Å²) in [7, 11) is 0. The van der Waals surface area contributed by atoms with Gasteiger partial charge in [0.15, 0.2) is 0 Å². The normalized spacial score (nSPS) is 14.4. The van der Waals surface area contributed by atoms with Crippen molar-refractivity contribution in [2.24, 2.45) is 5.92 Å². The molecule has 1 aromatic heterocycles. The lowest BCUT2D eigenvalue weighted by Crippen LogP contribution is -2.27. The van der Waals surface area contributed by atoms with E-state index in [9.17, 15) is 0 Å². The van der Waals surface area contributed by atoms with Crippen LogP contribution in [0.1, 0.15) is 50.9 Å². The monoisotopic (exact) mass is 270 g/mol. The molecular formula is C18H26N2. The van der Waals surface area contributed by atoms with Crippen LogP contribution in [0.3, 0.4) is 0 Å². The van der Waals surface area contributed by atoms with Gasteiger partial charge in [-0.1, -0.05) is 45.4 Å².